The molecule has 0 aliphatic carbocycles. The van der Waals surface area contributed by atoms with E-state index in [-0.39, 0.29) is 11.8 Å². The molecule has 2 aliphatic rings. The highest BCUT2D eigenvalue weighted by Crippen LogP contribution is 2.49. The van der Waals surface area contributed by atoms with Crippen molar-refractivity contribution in [3.05, 3.63) is 63.6 Å². The van der Waals surface area contributed by atoms with Gasteiger partial charge in [-0.15, -0.1) is 0 Å². The minimum atomic E-state index is -0.593. The van der Waals surface area contributed by atoms with Crippen LogP contribution in [-0.2, 0) is 10.2 Å². The van der Waals surface area contributed by atoms with Crippen molar-refractivity contribution in [2.24, 2.45) is 0 Å². The molecule has 0 saturated carbocycles. The maximum absolute atomic E-state index is 12.8. The van der Waals surface area contributed by atoms with Crippen LogP contribution in [0.3, 0.4) is 0 Å². The molecule has 2 heterocycles. The molecular formula is C17H14Cl2N2O. The van der Waals surface area contributed by atoms with Gasteiger partial charge < -0.3 is 10.6 Å². The summed E-state index contributed by atoms with van der Waals surface area (Å²) in [4.78, 5) is 12.8. The first-order chi connectivity index (χ1) is 10.6. The Labute approximate surface area is 138 Å². The summed E-state index contributed by atoms with van der Waals surface area (Å²) in [6.45, 7) is 1.36. The van der Waals surface area contributed by atoms with E-state index < -0.39 is 5.41 Å². The van der Waals surface area contributed by atoms with Crippen LogP contribution in [0.1, 0.15) is 17.0 Å². The van der Waals surface area contributed by atoms with Crippen molar-refractivity contribution < 1.29 is 4.79 Å². The predicted octanol–water partition coefficient (Wildman–Crippen LogP) is 3.57. The zero-order valence-corrected chi connectivity index (χ0v) is 13.2. The Balaban J connectivity index is 1.88. The van der Waals surface area contributed by atoms with E-state index in [2.05, 4.69) is 10.6 Å². The molecule has 112 valence electrons. The normalized spacial score (nSPS) is 26.3. The lowest BCUT2D eigenvalue weighted by molar-refractivity contribution is -0.120. The van der Waals surface area contributed by atoms with Gasteiger partial charge in [0.1, 0.15) is 0 Å². The van der Waals surface area contributed by atoms with Crippen LogP contribution < -0.4 is 10.6 Å². The van der Waals surface area contributed by atoms with Crippen LogP contribution in [0.5, 0.6) is 0 Å². The van der Waals surface area contributed by atoms with E-state index in [1.54, 1.807) is 0 Å². The van der Waals surface area contributed by atoms with Gasteiger partial charge in [-0.3, -0.25) is 4.79 Å². The topological polar surface area (TPSA) is 41.1 Å². The van der Waals surface area contributed by atoms with E-state index in [0.717, 1.165) is 23.4 Å². The Hall–Kier alpha value is -1.55. The van der Waals surface area contributed by atoms with E-state index >= 15 is 0 Å². The Bertz CT molecular complexity index is 777. The zero-order valence-electron chi connectivity index (χ0n) is 11.7. The third-order valence-electron chi connectivity index (χ3n) is 4.71. The summed E-state index contributed by atoms with van der Waals surface area (Å²) in [5.41, 5.74) is 2.31. The molecule has 1 fully saturated rings. The fourth-order valence-corrected chi connectivity index (χ4v) is 4.09. The van der Waals surface area contributed by atoms with Gasteiger partial charge in [0.25, 0.3) is 0 Å². The second-order valence-electron chi connectivity index (χ2n) is 5.85. The van der Waals surface area contributed by atoms with Gasteiger partial charge in [0, 0.05) is 34.7 Å². The first-order valence-electron chi connectivity index (χ1n) is 7.19. The Morgan fingerprint density at radius 3 is 2.73 bits per heavy atom. The first-order valence-corrected chi connectivity index (χ1v) is 7.94. The predicted molar refractivity (Wildman–Crippen MR) is 88.8 cm³/mol. The molecule has 5 heteroatoms. The molecule has 1 saturated heterocycles. The number of hydrogen-bond donors (Lipinski definition) is 2. The molecule has 2 N–H and O–H groups in total. The molecule has 22 heavy (non-hydrogen) atoms. The highest BCUT2D eigenvalue weighted by molar-refractivity contribution is 6.31. The summed E-state index contributed by atoms with van der Waals surface area (Å²) >= 11 is 12.2. The zero-order chi connectivity index (χ0) is 15.3. The summed E-state index contributed by atoms with van der Waals surface area (Å²) in [5.74, 6) is 0.0772. The van der Waals surface area contributed by atoms with Crippen molar-refractivity contribution in [3.63, 3.8) is 0 Å². The number of amides is 1. The summed E-state index contributed by atoms with van der Waals surface area (Å²) in [7, 11) is 0. The van der Waals surface area contributed by atoms with Gasteiger partial charge in [-0.25, -0.2) is 0 Å². The monoisotopic (exact) mass is 332 g/mol. The lowest BCUT2D eigenvalue weighted by atomic mass is 9.70. The minimum Gasteiger partial charge on any atom is -0.325 e. The molecule has 0 radical (unpaired) electrons. The van der Waals surface area contributed by atoms with E-state index in [1.165, 1.54) is 0 Å². The molecule has 2 aromatic carbocycles. The Morgan fingerprint density at radius 1 is 1.09 bits per heavy atom. The molecule has 2 aromatic rings. The van der Waals surface area contributed by atoms with Crippen molar-refractivity contribution in [1.82, 2.24) is 5.32 Å². The molecule has 0 bridgehead atoms. The summed E-state index contributed by atoms with van der Waals surface area (Å²) < 4.78 is 0. The summed E-state index contributed by atoms with van der Waals surface area (Å²) in [5, 5.41) is 7.68. The fraction of sp³-hybridized carbons (Fsp3) is 0.235. The standard InChI is InChI=1S/C17H14Cl2N2O/c18-11-3-1-2-10(6-11)14-8-20-9-17(14)13-5-4-12(19)7-15(13)21-16(17)22/h1-7,14,20H,8-9H2,(H,21,22)/t14-,17+/m1/s1. The smallest absolute Gasteiger partial charge is 0.237 e. The van der Waals surface area contributed by atoms with E-state index in [9.17, 15) is 4.79 Å². The molecule has 1 amide bonds. The third-order valence-corrected chi connectivity index (χ3v) is 5.18. The largest absolute Gasteiger partial charge is 0.325 e. The highest BCUT2D eigenvalue weighted by Gasteiger charge is 2.55. The van der Waals surface area contributed by atoms with E-state index in [4.69, 9.17) is 23.2 Å². The fourth-order valence-electron chi connectivity index (χ4n) is 3.72. The Morgan fingerprint density at radius 2 is 1.91 bits per heavy atom. The maximum Gasteiger partial charge on any atom is 0.237 e. The molecule has 4 rings (SSSR count). The summed E-state index contributed by atoms with van der Waals surface area (Å²) in [6.07, 6.45) is 0. The molecule has 1 spiro atoms. The second kappa shape index (κ2) is 4.98. The average molecular weight is 333 g/mol. The minimum absolute atomic E-state index is 0.0275. The van der Waals surface area contributed by atoms with Gasteiger partial charge in [0.15, 0.2) is 0 Å². The molecule has 2 atom stereocenters. The number of nitrogens with one attached hydrogen (secondary N) is 2. The third kappa shape index (κ3) is 1.89. The number of halogens is 2. The van der Waals surface area contributed by atoms with Crippen molar-refractivity contribution in [1.29, 1.82) is 0 Å². The van der Waals surface area contributed by atoms with Gasteiger partial charge in [0.05, 0.1) is 5.41 Å². The first kappa shape index (κ1) is 14.1. The molecule has 2 aliphatic heterocycles. The second-order valence-corrected chi connectivity index (χ2v) is 6.73. The number of benzene rings is 2. The lowest BCUT2D eigenvalue weighted by Crippen LogP contribution is -2.40. The van der Waals surface area contributed by atoms with Crippen LogP contribution in [-0.4, -0.2) is 19.0 Å². The molecule has 0 unspecified atom stereocenters. The van der Waals surface area contributed by atoms with Crippen molar-refractivity contribution >= 4 is 34.8 Å². The molecule has 0 aromatic heterocycles. The number of carbonyl (C=O) groups excluding carboxylic acids is 1. The number of anilines is 1. The van der Waals surface area contributed by atoms with Crippen LogP contribution in [0.2, 0.25) is 10.0 Å². The average Bonchev–Trinajstić information content (AvgIpc) is 3.03. The number of carbonyl (C=O) groups is 1. The number of hydrogen-bond acceptors (Lipinski definition) is 2. The number of fused-ring (bicyclic) bond motifs is 2. The molecule has 3 nitrogen and oxygen atoms in total. The summed E-state index contributed by atoms with van der Waals surface area (Å²) in [6, 6.07) is 13.4. The van der Waals surface area contributed by atoms with Gasteiger partial charge >= 0.3 is 0 Å². The van der Waals surface area contributed by atoms with Gasteiger partial charge in [0.2, 0.25) is 5.91 Å². The highest BCUT2D eigenvalue weighted by atomic mass is 35.5. The quantitative estimate of drug-likeness (QED) is 0.838. The van der Waals surface area contributed by atoms with E-state index in [1.807, 2.05) is 42.5 Å². The van der Waals surface area contributed by atoms with Crippen molar-refractivity contribution in [2.75, 3.05) is 18.4 Å². The number of rotatable bonds is 1. The van der Waals surface area contributed by atoms with Gasteiger partial charge in [-0.2, -0.15) is 0 Å². The van der Waals surface area contributed by atoms with Crippen LogP contribution in [0.15, 0.2) is 42.5 Å². The van der Waals surface area contributed by atoms with Crippen LogP contribution in [0.25, 0.3) is 0 Å². The van der Waals surface area contributed by atoms with Crippen molar-refractivity contribution in [3.8, 4) is 0 Å². The van der Waals surface area contributed by atoms with Crippen LogP contribution >= 0.6 is 23.2 Å². The lowest BCUT2D eigenvalue weighted by Gasteiger charge is -2.29. The van der Waals surface area contributed by atoms with Crippen LogP contribution in [0.4, 0.5) is 5.69 Å². The van der Waals surface area contributed by atoms with Gasteiger partial charge in [-0.1, -0.05) is 41.4 Å². The maximum atomic E-state index is 12.8. The molecular weight excluding hydrogens is 319 g/mol. The Kier molecular flexibility index (Phi) is 3.19. The van der Waals surface area contributed by atoms with Crippen molar-refractivity contribution in [2.45, 2.75) is 11.3 Å². The SMILES string of the molecule is O=C1Nc2cc(Cl)ccc2[C@]12CNC[C@@H]2c1cccc(Cl)c1. The van der Waals surface area contributed by atoms with E-state index in [0.29, 0.717) is 16.6 Å². The van der Waals surface area contributed by atoms with Gasteiger partial charge in [-0.05, 0) is 35.4 Å². The van der Waals surface area contributed by atoms with Crippen LogP contribution in [0, 0.1) is 0 Å².